The molecule has 2 aliphatic rings. The van der Waals surface area contributed by atoms with Gasteiger partial charge >= 0.3 is 0 Å². The highest BCUT2D eigenvalue weighted by molar-refractivity contribution is 5.95. The second kappa shape index (κ2) is 5.27. The molecule has 0 aliphatic carbocycles. The molecule has 1 aromatic carbocycles. The van der Waals surface area contributed by atoms with Crippen LogP contribution >= 0.6 is 0 Å². The summed E-state index contributed by atoms with van der Waals surface area (Å²) in [4.78, 5) is 14.2. The number of piperidine rings is 1. The topological polar surface area (TPSA) is 64.8 Å². The minimum atomic E-state index is -0.678. The molecule has 2 heterocycles. The van der Waals surface area contributed by atoms with Gasteiger partial charge in [-0.3, -0.25) is 4.79 Å². The van der Waals surface area contributed by atoms with Gasteiger partial charge in [-0.2, -0.15) is 0 Å². The fourth-order valence-corrected chi connectivity index (χ4v) is 2.90. The van der Waals surface area contributed by atoms with E-state index in [-0.39, 0.29) is 11.5 Å². The maximum atomic E-state index is 13.8. The highest BCUT2D eigenvalue weighted by Crippen LogP contribution is 2.31. The maximum absolute atomic E-state index is 13.8. The van der Waals surface area contributed by atoms with E-state index in [1.54, 1.807) is 11.8 Å². The van der Waals surface area contributed by atoms with Crippen molar-refractivity contribution < 1.29 is 18.7 Å². The first kappa shape index (κ1) is 14.3. The Hall–Kier alpha value is -1.66. The zero-order valence-electron chi connectivity index (χ0n) is 12.0. The summed E-state index contributed by atoms with van der Waals surface area (Å²) in [6.45, 7) is 3.68. The number of benzene rings is 1. The Labute approximate surface area is 122 Å². The number of hydrogen-bond acceptors (Lipinski definition) is 4. The Morgan fingerprint density at radius 3 is 2.76 bits per heavy atom. The highest BCUT2D eigenvalue weighted by atomic mass is 19.1. The number of rotatable bonds is 1. The average Bonchev–Trinajstić information content (AvgIpc) is 2.91. The molecule has 0 bridgehead atoms. The van der Waals surface area contributed by atoms with E-state index < -0.39 is 11.6 Å². The predicted molar refractivity (Wildman–Crippen MR) is 75.3 cm³/mol. The van der Waals surface area contributed by atoms with Gasteiger partial charge in [0, 0.05) is 29.8 Å². The van der Waals surface area contributed by atoms with E-state index in [9.17, 15) is 9.18 Å². The van der Waals surface area contributed by atoms with Crippen molar-refractivity contribution in [3.05, 3.63) is 29.1 Å². The summed E-state index contributed by atoms with van der Waals surface area (Å²) in [5, 5.41) is 0. The number of anilines is 1. The largest absolute Gasteiger partial charge is 0.398 e. The van der Waals surface area contributed by atoms with Crippen molar-refractivity contribution >= 4 is 11.6 Å². The van der Waals surface area contributed by atoms with Gasteiger partial charge in [-0.15, -0.1) is 0 Å². The molecule has 0 saturated carbocycles. The van der Waals surface area contributed by atoms with Crippen LogP contribution in [0, 0.1) is 12.7 Å². The number of amides is 1. The number of ether oxygens (including phenoxy) is 2. The Balaban J connectivity index is 1.81. The maximum Gasteiger partial charge on any atom is 0.254 e. The summed E-state index contributed by atoms with van der Waals surface area (Å²) in [5.41, 5.74) is 6.67. The van der Waals surface area contributed by atoms with Crippen LogP contribution in [0.25, 0.3) is 0 Å². The number of hydrogen-bond donors (Lipinski definition) is 1. The van der Waals surface area contributed by atoms with E-state index in [2.05, 4.69) is 0 Å². The lowest BCUT2D eigenvalue weighted by atomic mass is 10.0. The lowest BCUT2D eigenvalue weighted by molar-refractivity contribution is -0.183. The van der Waals surface area contributed by atoms with Crippen LogP contribution in [0.15, 0.2) is 12.1 Å². The smallest absolute Gasteiger partial charge is 0.254 e. The monoisotopic (exact) mass is 294 g/mol. The van der Waals surface area contributed by atoms with Crippen LogP contribution in [0.2, 0.25) is 0 Å². The first-order valence-electron chi connectivity index (χ1n) is 7.14. The molecular formula is C15H19FN2O3. The van der Waals surface area contributed by atoms with E-state index in [4.69, 9.17) is 15.2 Å². The second-order valence-corrected chi connectivity index (χ2v) is 5.61. The number of nitrogens with two attached hydrogens (primary N) is 1. The molecule has 1 spiro atoms. The number of carbonyl (C=O) groups is 1. The van der Waals surface area contributed by atoms with Crippen LogP contribution in [0.1, 0.15) is 28.8 Å². The molecule has 0 radical (unpaired) electrons. The number of carbonyl (C=O) groups excluding carboxylic acids is 1. The summed E-state index contributed by atoms with van der Waals surface area (Å²) < 4.78 is 25.1. The lowest BCUT2D eigenvalue weighted by Gasteiger charge is -2.38. The summed E-state index contributed by atoms with van der Waals surface area (Å²) in [5.74, 6) is -1.37. The number of halogens is 1. The highest BCUT2D eigenvalue weighted by Gasteiger charge is 2.42. The van der Waals surface area contributed by atoms with Gasteiger partial charge < -0.3 is 20.1 Å². The SMILES string of the molecule is Cc1c(N)cc(C(=O)N2CCCC3(C2)OCCO3)cc1F. The molecule has 21 heavy (non-hydrogen) atoms. The van der Waals surface area contributed by atoms with Crippen LogP contribution in [-0.2, 0) is 9.47 Å². The van der Waals surface area contributed by atoms with Crippen molar-refractivity contribution in [3.8, 4) is 0 Å². The van der Waals surface area contributed by atoms with Crippen LogP contribution in [0.3, 0.4) is 0 Å². The Morgan fingerprint density at radius 1 is 1.38 bits per heavy atom. The Morgan fingerprint density at radius 2 is 2.10 bits per heavy atom. The normalized spacial score (nSPS) is 21.0. The quantitative estimate of drug-likeness (QED) is 0.801. The first-order chi connectivity index (χ1) is 10.0. The first-order valence-corrected chi connectivity index (χ1v) is 7.14. The Kier molecular flexibility index (Phi) is 3.59. The van der Waals surface area contributed by atoms with Crippen molar-refractivity contribution in [1.82, 2.24) is 4.90 Å². The molecule has 1 amide bonds. The standard InChI is InChI=1S/C15H19FN2O3/c1-10-12(16)7-11(8-13(10)17)14(19)18-4-2-3-15(9-18)20-5-6-21-15/h7-8H,2-6,9,17H2,1H3. The second-order valence-electron chi connectivity index (χ2n) is 5.61. The van der Waals surface area contributed by atoms with E-state index in [0.29, 0.717) is 37.6 Å². The third-order valence-corrected chi connectivity index (χ3v) is 4.15. The number of nitrogen functional groups attached to an aromatic ring is 1. The summed E-state index contributed by atoms with van der Waals surface area (Å²) in [6.07, 6.45) is 1.58. The minimum absolute atomic E-state index is 0.237. The molecule has 5 nitrogen and oxygen atoms in total. The van der Waals surface area contributed by atoms with Gasteiger partial charge in [0.2, 0.25) is 0 Å². The van der Waals surface area contributed by atoms with E-state index in [1.807, 2.05) is 0 Å². The summed E-state index contributed by atoms with van der Waals surface area (Å²) in [7, 11) is 0. The van der Waals surface area contributed by atoms with Crippen LogP contribution in [0.4, 0.5) is 10.1 Å². The molecule has 0 unspecified atom stereocenters. The van der Waals surface area contributed by atoms with Crippen LogP contribution < -0.4 is 5.73 Å². The van der Waals surface area contributed by atoms with Gasteiger partial charge in [-0.05, 0) is 25.5 Å². The van der Waals surface area contributed by atoms with Crippen molar-refractivity contribution in [1.29, 1.82) is 0 Å². The van der Waals surface area contributed by atoms with Crippen LogP contribution in [-0.4, -0.2) is 42.9 Å². The molecule has 0 aromatic heterocycles. The fraction of sp³-hybridized carbons (Fsp3) is 0.533. The average molecular weight is 294 g/mol. The van der Waals surface area contributed by atoms with Gasteiger partial charge in [-0.1, -0.05) is 0 Å². The van der Waals surface area contributed by atoms with Gasteiger partial charge in [0.25, 0.3) is 5.91 Å². The van der Waals surface area contributed by atoms with E-state index >= 15 is 0 Å². The minimum Gasteiger partial charge on any atom is -0.398 e. The molecule has 1 aromatic rings. The molecule has 2 N–H and O–H groups in total. The number of likely N-dealkylation sites (tertiary alicyclic amines) is 1. The zero-order chi connectivity index (χ0) is 15.0. The lowest BCUT2D eigenvalue weighted by Crippen LogP contribution is -2.51. The molecule has 6 heteroatoms. The molecule has 2 saturated heterocycles. The van der Waals surface area contributed by atoms with Crippen LogP contribution in [0.5, 0.6) is 0 Å². The van der Waals surface area contributed by atoms with Crippen molar-refractivity contribution in [3.63, 3.8) is 0 Å². The third kappa shape index (κ3) is 2.61. The fourth-order valence-electron chi connectivity index (χ4n) is 2.90. The third-order valence-electron chi connectivity index (χ3n) is 4.15. The van der Waals surface area contributed by atoms with Crippen molar-refractivity contribution in [2.75, 3.05) is 32.0 Å². The van der Waals surface area contributed by atoms with Gasteiger partial charge in [0.15, 0.2) is 5.79 Å². The van der Waals surface area contributed by atoms with Crippen molar-refractivity contribution in [2.24, 2.45) is 0 Å². The molecule has 2 aliphatic heterocycles. The number of nitrogens with zero attached hydrogens (tertiary/aromatic N) is 1. The predicted octanol–water partition coefficient (Wildman–Crippen LogP) is 1.70. The van der Waals surface area contributed by atoms with E-state index in [0.717, 1.165) is 12.8 Å². The Bertz CT molecular complexity index is 547. The summed E-state index contributed by atoms with van der Waals surface area (Å²) >= 11 is 0. The molecule has 3 rings (SSSR count). The van der Waals surface area contributed by atoms with E-state index in [1.165, 1.54) is 12.1 Å². The molecular weight excluding hydrogens is 275 g/mol. The molecule has 2 fully saturated rings. The van der Waals surface area contributed by atoms with Crippen molar-refractivity contribution in [2.45, 2.75) is 25.6 Å². The van der Waals surface area contributed by atoms with Gasteiger partial charge in [0.1, 0.15) is 5.82 Å². The zero-order valence-corrected chi connectivity index (χ0v) is 12.0. The summed E-state index contributed by atoms with van der Waals surface area (Å²) in [6, 6.07) is 2.77. The van der Waals surface area contributed by atoms with Gasteiger partial charge in [-0.25, -0.2) is 4.39 Å². The molecule has 114 valence electrons. The molecule has 0 atom stereocenters. The van der Waals surface area contributed by atoms with Gasteiger partial charge in [0.05, 0.1) is 19.8 Å².